The van der Waals surface area contributed by atoms with E-state index in [1.165, 1.54) is 24.0 Å². The molecule has 0 radical (unpaired) electrons. The first-order valence-corrected chi connectivity index (χ1v) is 9.56. The van der Waals surface area contributed by atoms with Gasteiger partial charge < -0.3 is 9.84 Å². The Kier molecular flexibility index (Phi) is 5.19. The topological polar surface area (TPSA) is 51.0 Å². The summed E-state index contributed by atoms with van der Waals surface area (Å²) in [4.78, 5) is 4.73. The van der Waals surface area contributed by atoms with Crippen molar-refractivity contribution in [2.45, 2.75) is 70.1 Å². The summed E-state index contributed by atoms with van der Waals surface area (Å²) in [7, 11) is 0. The Bertz CT molecular complexity index is 775. The van der Waals surface area contributed by atoms with E-state index in [-0.39, 0.29) is 23.2 Å². The summed E-state index contributed by atoms with van der Waals surface area (Å²) in [6, 6.07) is 6.75. The lowest BCUT2D eigenvalue weighted by atomic mass is 9.63. The smallest absolute Gasteiger partial charge is 0.230 e. The lowest BCUT2D eigenvalue weighted by Gasteiger charge is -2.42. The molecule has 1 N–H and O–H groups in total. The molecular formula is C21H30ClN3O. The lowest BCUT2D eigenvalue weighted by Crippen LogP contribution is -2.33. The van der Waals surface area contributed by atoms with Crippen LogP contribution in [0.1, 0.15) is 76.3 Å². The maximum atomic E-state index is 5.61. The Labute approximate surface area is 162 Å². The van der Waals surface area contributed by atoms with Crippen molar-refractivity contribution in [2.75, 3.05) is 13.1 Å². The molecule has 1 saturated heterocycles. The first kappa shape index (κ1) is 19.4. The summed E-state index contributed by atoms with van der Waals surface area (Å²) >= 11 is 0. The molecule has 0 amide bonds. The predicted molar refractivity (Wildman–Crippen MR) is 107 cm³/mol. The normalized spacial score (nSPS) is 21.7. The molecule has 0 bridgehead atoms. The number of hydrogen-bond donors (Lipinski definition) is 1. The lowest BCUT2D eigenvalue weighted by molar-refractivity contribution is 0.320. The first-order chi connectivity index (χ1) is 11.9. The van der Waals surface area contributed by atoms with Crippen molar-refractivity contribution in [3.8, 4) is 11.4 Å². The third-order valence-corrected chi connectivity index (χ3v) is 6.24. The van der Waals surface area contributed by atoms with Crippen LogP contribution in [0, 0.1) is 0 Å². The van der Waals surface area contributed by atoms with Crippen molar-refractivity contribution in [2.24, 2.45) is 0 Å². The van der Waals surface area contributed by atoms with Crippen molar-refractivity contribution in [1.29, 1.82) is 0 Å². The van der Waals surface area contributed by atoms with Gasteiger partial charge in [0.2, 0.25) is 11.7 Å². The summed E-state index contributed by atoms with van der Waals surface area (Å²) in [5.74, 6) is 1.93. The maximum Gasteiger partial charge on any atom is 0.230 e. The van der Waals surface area contributed by atoms with Gasteiger partial charge >= 0.3 is 0 Å². The van der Waals surface area contributed by atoms with Gasteiger partial charge in [0.15, 0.2) is 0 Å². The molecule has 0 spiro atoms. The van der Waals surface area contributed by atoms with E-state index in [1.807, 2.05) is 0 Å². The summed E-state index contributed by atoms with van der Waals surface area (Å²) in [6.45, 7) is 11.5. The van der Waals surface area contributed by atoms with Crippen LogP contribution >= 0.6 is 12.4 Å². The van der Waals surface area contributed by atoms with Gasteiger partial charge in [-0.15, -0.1) is 12.4 Å². The fourth-order valence-electron chi connectivity index (χ4n) is 4.31. The van der Waals surface area contributed by atoms with E-state index >= 15 is 0 Å². The molecule has 4 nitrogen and oxygen atoms in total. The number of nitrogens with one attached hydrogen (secondary N) is 1. The van der Waals surface area contributed by atoms with Crippen LogP contribution in [0.2, 0.25) is 0 Å². The van der Waals surface area contributed by atoms with Crippen molar-refractivity contribution < 1.29 is 4.52 Å². The van der Waals surface area contributed by atoms with Gasteiger partial charge in [0.05, 0.1) is 0 Å². The minimum atomic E-state index is 0. The Morgan fingerprint density at radius 2 is 1.65 bits per heavy atom. The Morgan fingerprint density at radius 1 is 1.00 bits per heavy atom. The molecule has 1 aromatic heterocycles. The van der Waals surface area contributed by atoms with Crippen LogP contribution < -0.4 is 5.32 Å². The third kappa shape index (κ3) is 3.41. The molecular weight excluding hydrogens is 346 g/mol. The largest absolute Gasteiger partial charge is 0.339 e. The van der Waals surface area contributed by atoms with Gasteiger partial charge in [0.1, 0.15) is 0 Å². The zero-order chi connectivity index (χ0) is 17.7. The highest BCUT2D eigenvalue weighted by atomic mass is 35.5. The van der Waals surface area contributed by atoms with Crippen LogP contribution in [0.25, 0.3) is 11.4 Å². The number of benzene rings is 1. The fourth-order valence-corrected chi connectivity index (χ4v) is 4.31. The van der Waals surface area contributed by atoms with E-state index in [0.717, 1.165) is 43.2 Å². The summed E-state index contributed by atoms with van der Waals surface area (Å²) in [5.41, 5.74) is 4.42. The summed E-state index contributed by atoms with van der Waals surface area (Å²) in [6.07, 6.45) is 4.59. The van der Waals surface area contributed by atoms with Gasteiger partial charge in [0.25, 0.3) is 0 Å². The van der Waals surface area contributed by atoms with Gasteiger partial charge in [-0.25, -0.2) is 0 Å². The van der Waals surface area contributed by atoms with Crippen molar-refractivity contribution in [3.63, 3.8) is 0 Å². The Morgan fingerprint density at radius 3 is 2.35 bits per heavy atom. The first-order valence-electron chi connectivity index (χ1n) is 9.56. The average Bonchev–Trinajstić information content (AvgIpc) is 3.10. The SMILES string of the molecule is CC1(C)CCC(C)(C)c2cc(-c3noc(C4CCNCC4)n3)ccc21.Cl. The molecule has 26 heavy (non-hydrogen) atoms. The van der Waals surface area contributed by atoms with Crippen LogP contribution in [0.3, 0.4) is 0 Å². The third-order valence-electron chi connectivity index (χ3n) is 6.24. The second-order valence-electron chi connectivity index (χ2n) is 9.01. The molecule has 0 atom stereocenters. The second kappa shape index (κ2) is 6.97. The Balaban J connectivity index is 0.00000196. The zero-order valence-electron chi connectivity index (χ0n) is 16.3. The standard InChI is InChI=1S/C21H29N3O.ClH/c1-20(2)9-10-21(3,4)17-13-15(5-6-16(17)20)18-23-19(25-24-18)14-7-11-22-12-8-14;/h5-6,13-14,22H,7-12H2,1-4H3;1H. The number of hydrogen-bond acceptors (Lipinski definition) is 4. The van der Waals surface area contributed by atoms with Gasteiger partial charge in [-0.2, -0.15) is 4.98 Å². The van der Waals surface area contributed by atoms with Crippen LogP contribution in [-0.2, 0) is 10.8 Å². The summed E-state index contributed by atoms with van der Waals surface area (Å²) in [5, 5.41) is 7.67. The quantitative estimate of drug-likeness (QED) is 0.804. The average molecular weight is 376 g/mol. The van der Waals surface area contributed by atoms with E-state index in [1.54, 1.807) is 0 Å². The number of fused-ring (bicyclic) bond motifs is 1. The summed E-state index contributed by atoms with van der Waals surface area (Å²) < 4.78 is 5.61. The van der Waals surface area contributed by atoms with Crippen LogP contribution in [0.15, 0.2) is 22.7 Å². The molecule has 5 heteroatoms. The highest BCUT2D eigenvalue weighted by Gasteiger charge is 2.37. The van der Waals surface area contributed by atoms with E-state index in [4.69, 9.17) is 9.51 Å². The molecule has 1 aliphatic heterocycles. The highest BCUT2D eigenvalue weighted by molar-refractivity contribution is 5.85. The molecule has 0 saturated carbocycles. The molecule has 1 fully saturated rings. The van der Waals surface area contributed by atoms with E-state index in [0.29, 0.717) is 5.92 Å². The highest BCUT2D eigenvalue weighted by Crippen LogP contribution is 2.46. The predicted octanol–water partition coefficient (Wildman–Crippen LogP) is 4.97. The van der Waals surface area contributed by atoms with Gasteiger partial charge in [-0.05, 0) is 66.8 Å². The van der Waals surface area contributed by atoms with E-state index in [9.17, 15) is 0 Å². The fraction of sp³-hybridized carbons (Fsp3) is 0.619. The van der Waals surface area contributed by atoms with Crippen molar-refractivity contribution >= 4 is 12.4 Å². The van der Waals surface area contributed by atoms with Gasteiger partial charge in [0, 0.05) is 11.5 Å². The van der Waals surface area contributed by atoms with Crippen molar-refractivity contribution in [3.05, 3.63) is 35.2 Å². The number of piperidine rings is 1. The number of aromatic nitrogens is 2. The molecule has 1 aromatic carbocycles. The molecule has 2 aliphatic rings. The number of nitrogens with zero attached hydrogens (tertiary/aromatic N) is 2. The van der Waals surface area contributed by atoms with Gasteiger partial charge in [-0.1, -0.05) is 45.0 Å². The second-order valence-corrected chi connectivity index (χ2v) is 9.01. The van der Waals surface area contributed by atoms with Crippen LogP contribution in [0.4, 0.5) is 0 Å². The molecule has 4 rings (SSSR count). The minimum absolute atomic E-state index is 0. The molecule has 142 valence electrons. The van der Waals surface area contributed by atoms with Crippen LogP contribution in [-0.4, -0.2) is 23.2 Å². The van der Waals surface area contributed by atoms with E-state index in [2.05, 4.69) is 56.4 Å². The molecule has 2 heterocycles. The monoisotopic (exact) mass is 375 g/mol. The zero-order valence-corrected chi connectivity index (χ0v) is 17.1. The Hall–Kier alpha value is -1.39. The molecule has 1 aliphatic carbocycles. The van der Waals surface area contributed by atoms with E-state index < -0.39 is 0 Å². The number of halogens is 1. The van der Waals surface area contributed by atoms with Gasteiger partial charge in [-0.3, -0.25) is 0 Å². The van der Waals surface area contributed by atoms with Crippen LogP contribution in [0.5, 0.6) is 0 Å². The van der Waals surface area contributed by atoms with Crippen molar-refractivity contribution in [1.82, 2.24) is 15.5 Å². The maximum absolute atomic E-state index is 5.61. The molecule has 2 aromatic rings. The number of rotatable bonds is 2. The molecule has 0 unspecified atom stereocenters. The minimum Gasteiger partial charge on any atom is -0.339 e.